The molecule has 1 aromatic carbocycles. The molecule has 1 aromatic heterocycles. The molecular weight excluding hydrogens is 202 g/mol. The van der Waals surface area contributed by atoms with Crippen LogP contribution < -0.4 is 10.9 Å². The maximum Gasteiger partial charge on any atom is 0.336 e. The molecule has 1 N–H and O–H groups in total. The van der Waals surface area contributed by atoms with Crippen molar-refractivity contribution in [2.75, 3.05) is 5.32 Å². The number of hydrogen-bond donors (Lipinski definition) is 1. The van der Waals surface area contributed by atoms with Crippen LogP contribution in [0.15, 0.2) is 33.5 Å². The molecule has 2 rings (SSSR count). The molecule has 0 aliphatic rings. The fourth-order valence-corrected chi connectivity index (χ4v) is 1.75. The SMILES string of the molecule is Cc1cc(=O)oc2cc(NC(C)C)ccc12. The molecule has 0 bridgehead atoms. The van der Waals surface area contributed by atoms with Crippen LogP contribution in [0, 0.1) is 6.92 Å². The summed E-state index contributed by atoms with van der Waals surface area (Å²) in [6.07, 6.45) is 0. The van der Waals surface area contributed by atoms with Crippen LogP contribution in [0.1, 0.15) is 19.4 Å². The van der Waals surface area contributed by atoms with E-state index in [9.17, 15) is 4.79 Å². The van der Waals surface area contributed by atoms with Crippen LogP contribution in [0.5, 0.6) is 0 Å². The van der Waals surface area contributed by atoms with E-state index in [1.54, 1.807) is 0 Å². The maximum absolute atomic E-state index is 11.3. The summed E-state index contributed by atoms with van der Waals surface area (Å²) < 4.78 is 5.17. The molecule has 0 saturated heterocycles. The van der Waals surface area contributed by atoms with Crippen LogP contribution in [-0.4, -0.2) is 6.04 Å². The minimum atomic E-state index is -0.299. The number of benzene rings is 1. The van der Waals surface area contributed by atoms with Gasteiger partial charge in [-0.1, -0.05) is 0 Å². The van der Waals surface area contributed by atoms with Crippen LogP contribution in [0.3, 0.4) is 0 Å². The van der Waals surface area contributed by atoms with E-state index in [-0.39, 0.29) is 5.63 Å². The van der Waals surface area contributed by atoms with Crippen molar-refractivity contribution in [3.63, 3.8) is 0 Å². The Kier molecular flexibility index (Phi) is 2.69. The minimum Gasteiger partial charge on any atom is -0.423 e. The van der Waals surface area contributed by atoms with E-state index < -0.39 is 0 Å². The van der Waals surface area contributed by atoms with E-state index in [1.165, 1.54) is 6.07 Å². The number of aryl methyl sites for hydroxylation is 1. The summed E-state index contributed by atoms with van der Waals surface area (Å²) in [6.45, 7) is 6.04. The molecule has 3 nitrogen and oxygen atoms in total. The number of anilines is 1. The smallest absolute Gasteiger partial charge is 0.336 e. The van der Waals surface area contributed by atoms with Gasteiger partial charge in [0.05, 0.1) is 0 Å². The fraction of sp³-hybridized carbons (Fsp3) is 0.308. The Balaban J connectivity index is 2.57. The zero-order valence-electron chi connectivity index (χ0n) is 9.70. The molecule has 0 spiro atoms. The highest BCUT2D eigenvalue weighted by atomic mass is 16.4. The topological polar surface area (TPSA) is 42.2 Å². The lowest BCUT2D eigenvalue weighted by Gasteiger charge is -2.10. The van der Waals surface area contributed by atoms with Gasteiger partial charge in [0.15, 0.2) is 0 Å². The first-order valence-electron chi connectivity index (χ1n) is 5.37. The van der Waals surface area contributed by atoms with Gasteiger partial charge < -0.3 is 9.73 Å². The second kappa shape index (κ2) is 4.00. The number of rotatable bonds is 2. The Bertz CT molecular complexity index is 570. The largest absolute Gasteiger partial charge is 0.423 e. The van der Waals surface area contributed by atoms with Crippen molar-refractivity contribution < 1.29 is 4.42 Å². The Labute approximate surface area is 94.1 Å². The maximum atomic E-state index is 11.3. The molecular formula is C13H15NO2. The Morgan fingerprint density at radius 2 is 2.00 bits per heavy atom. The lowest BCUT2D eigenvalue weighted by molar-refractivity contribution is 0.560. The highest BCUT2D eigenvalue weighted by Gasteiger charge is 2.03. The van der Waals surface area contributed by atoms with Crippen LogP contribution >= 0.6 is 0 Å². The van der Waals surface area contributed by atoms with Crippen molar-refractivity contribution >= 4 is 16.7 Å². The summed E-state index contributed by atoms with van der Waals surface area (Å²) in [6, 6.07) is 7.70. The predicted molar refractivity (Wildman–Crippen MR) is 66.0 cm³/mol. The third-order valence-corrected chi connectivity index (χ3v) is 2.41. The van der Waals surface area contributed by atoms with E-state index >= 15 is 0 Å². The van der Waals surface area contributed by atoms with Gasteiger partial charge in [-0.2, -0.15) is 0 Å². The van der Waals surface area contributed by atoms with Crippen LogP contribution in [0.4, 0.5) is 5.69 Å². The molecule has 0 fully saturated rings. The normalized spacial score (nSPS) is 11.0. The van der Waals surface area contributed by atoms with Gasteiger partial charge in [0.25, 0.3) is 0 Å². The van der Waals surface area contributed by atoms with Gasteiger partial charge in [-0.15, -0.1) is 0 Å². The van der Waals surface area contributed by atoms with Crippen molar-refractivity contribution in [2.24, 2.45) is 0 Å². The van der Waals surface area contributed by atoms with Crippen LogP contribution in [0.2, 0.25) is 0 Å². The zero-order chi connectivity index (χ0) is 11.7. The third kappa shape index (κ3) is 2.08. The molecule has 0 aliphatic carbocycles. The molecule has 0 atom stereocenters. The highest BCUT2D eigenvalue weighted by Crippen LogP contribution is 2.20. The number of hydrogen-bond acceptors (Lipinski definition) is 3. The summed E-state index contributed by atoms with van der Waals surface area (Å²) in [7, 11) is 0. The molecule has 84 valence electrons. The first-order chi connectivity index (χ1) is 7.56. The van der Waals surface area contributed by atoms with Crippen molar-refractivity contribution in [3.05, 3.63) is 40.2 Å². The lowest BCUT2D eigenvalue weighted by atomic mass is 10.1. The Morgan fingerprint density at radius 3 is 2.69 bits per heavy atom. The molecule has 0 aliphatic heterocycles. The second-order valence-electron chi connectivity index (χ2n) is 4.26. The standard InChI is InChI=1S/C13H15NO2/c1-8(2)14-10-4-5-11-9(3)6-13(15)16-12(11)7-10/h4-8,14H,1-3H3. The molecule has 3 heteroatoms. The molecule has 2 aromatic rings. The molecule has 16 heavy (non-hydrogen) atoms. The van der Waals surface area contributed by atoms with Gasteiger partial charge in [0.2, 0.25) is 0 Å². The Morgan fingerprint density at radius 1 is 1.25 bits per heavy atom. The van der Waals surface area contributed by atoms with Gasteiger partial charge >= 0.3 is 5.63 Å². The molecule has 0 unspecified atom stereocenters. The number of fused-ring (bicyclic) bond motifs is 1. The van der Waals surface area contributed by atoms with E-state index in [1.807, 2.05) is 25.1 Å². The van der Waals surface area contributed by atoms with Gasteiger partial charge in [0, 0.05) is 29.2 Å². The Hall–Kier alpha value is -1.77. The minimum absolute atomic E-state index is 0.299. The predicted octanol–water partition coefficient (Wildman–Crippen LogP) is 2.92. The van der Waals surface area contributed by atoms with Crippen LogP contribution in [-0.2, 0) is 0 Å². The highest BCUT2D eigenvalue weighted by molar-refractivity contribution is 5.83. The first-order valence-corrected chi connectivity index (χ1v) is 5.37. The van der Waals surface area contributed by atoms with Gasteiger partial charge in [-0.3, -0.25) is 0 Å². The third-order valence-electron chi connectivity index (χ3n) is 2.41. The molecule has 0 saturated carbocycles. The first kappa shape index (κ1) is 10.7. The monoisotopic (exact) mass is 217 g/mol. The van der Waals surface area contributed by atoms with Gasteiger partial charge in [-0.25, -0.2) is 4.79 Å². The summed E-state index contributed by atoms with van der Waals surface area (Å²) in [5.41, 5.74) is 2.25. The number of nitrogens with one attached hydrogen (secondary N) is 1. The van der Waals surface area contributed by atoms with E-state index in [4.69, 9.17) is 4.42 Å². The summed E-state index contributed by atoms with van der Waals surface area (Å²) in [4.78, 5) is 11.3. The van der Waals surface area contributed by atoms with Crippen molar-refractivity contribution in [1.29, 1.82) is 0 Å². The van der Waals surface area contributed by atoms with Crippen molar-refractivity contribution in [1.82, 2.24) is 0 Å². The molecule has 1 heterocycles. The van der Waals surface area contributed by atoms with Gasteiger partial charge in [0.1, 0.15) is 5.58 Å². The quantitative estimate of drug-likeness (QED) is 0.786. The second-order valence-corrected chi connectivity index (χ2v) is 4.26. The fourth-order valence-electron chi connectivity index (χ4n) is 1.75. The molecule has 0 amide bonds. The summed E-state index contributed by atoms with van der Waals surface area (Å²) >= 11 is 0. The molecule has 0 radical (unpaired) electrons. The van der Waals surface area contributed by atoms with E-state index in [0.717, 1.165) is 16.6 Å². The lowest BCUT2D eigenvalue weighted by Crippen LogP contribution is -2.09. The van der Waals surface area contributed by atoms with E-state index in [2.05, 4.69) is 19.2 Å². The summed E-state index contributed by atoms with van der Waals surface area (Å²) in [5, 5.41) is 4.25. The van der Waals surface area contributed by atoms with Crippen LogP contribution in [0.25, 0.3) is 11.0 Å². The van der Waals surface area contributed by atoms with E-state index in [0.29, 0.717) is 11.6 Å². The van der Waals surface area contributed by atoms with Crippen molar-refractivity contribution in [3.8, 4) is 0 Å². The average molecular weight is 217 g/mol. The van der Waals surface area contributed by atoms with Gasteiger partial charge in [-0.05, 0) is 38.5 Å². The average Bonchev–Trinajstić information content (AvgIpc) is 2.15. The zero-order valence-corrected chi connectivity index (χ0v) is 9.70. The van der Waals surface area contributed by atoms with Crippen molar-refractivity contribution in [2.45, 2.75) is 26.8 Å². The summed E-state index contributed by atoms with van der Waals surface area (Å²) in [5.74, 6) is 0.